The molecule has 1 aliphatic rings. The molecular formula is C21H23N5O3. The van der Waals surface area contributed by atoms with Gasteiger partial charge in [-0.05, 0) is 31.2 Å². The molecular weight excluding hydrogens is 370 g/mol. The molecule has 2 heterocycles. The van der Waals surface area contributed by atoms with Crippen LogP contribution in [0.5, 0.6) is 0 Å². The number of likely N-dealkylation sites (tertiary alicyclic amines) is 1. The zero-order valence-corrected chi connectivity index (χ0v) is 16.4. The molecule has 3 amide bonds. The second-order valence-electron chi connectivity index (χ2n) is 7.01. The molecule has 4 rings (SSSR count). The number of fused-ring (bicyclic) bond motifs is 3. The third kappa shape index (κ3) is 3.26. The van der Waals surface area contributed by atoms with E-state index in [1.54, 1.807) is 0 Å². The standard InChI is InChI=1S/C21H23N5O3/c1-3-25-17-7-5-4-6-15(17)16-10-13(8-9-18(16)25)23-21(28)26-12-14(24-29-2)11-19(26)20(22)27/h4-10,19H,3,11-12H2,1-2H3,(H2,22,27)(H,23,28). The fourth-order valence-electron chi connectivity index (χ4n) is 4.03. The van der Waals surface area contributed by atoms with Gasteiger partial charge in [0.25, 0.3) is 0 Å². The van der Waals surface area contributed by atoms with E-state index in [0.717, 1.165) is 28.4 Å². The number of oxime groups is 1. The first-order valence-corrected chi connectivity index (χ1v) is 9.50. The van der Waals surface area contributed by atoms with Crippen LogP contribution in [0.25, 0.3) is 21.8 Å². The number of urea groups is 1. The molecule has 2 aromatic carbocycles. The normalized spacial score (nSPS) is 17.9. The number of para-hydroxylation sites is 1. The molecule has 1 fully saturated rings. The molecule has 0 saturated carbocycles. The van der Waals surface area contributed by atoms with Crippen molar-refractivity contribution >= 4 is 45.1 Å². The topological polar surface area (TPSA) is 102 Å². The first-order valence-electron chi connectivity index (χ1n) is 9.50. The van der Waals surface area contributed by atoms with Crippen LogP contribution in [-0.2, 0) is 16.2 Å². The minimum absolute atomic E-state index is 0.199. The average molecular weight is 393 g/mol. The molecule has 3 aromatic rings. The van der Waals surface area contributed by atoms with E-state index in [2.05, 4.69) is 34.1 Å². The van der Waals surface area contributed by atoms with Gasteiger partial charge in [-0.2, -0.15) is 0 Å². The summed E-state index contributed by atoms with van der Waals surface area (Å²) in [6, 6.07) is 12.9. The van der Waals surface area contributed by atoms with Crippen LogP contribution in [0.15, 0.2) is 47.6 Å². The first-order chi connectivity index (χ1) is 14.0. The highest BCUT2D eigenvalue weighted by molar-refractivity contribution is 6.10. The summed E-state index contributed by atoms with van der Waals surface area (Å²) in [4.78, 5) is 30.8. The number of anilines is 1. The van der Waals surface area contributed by atoms with Crippen molar-refractivity contribution in [2.75, 3.05) is 19.0 Å². The maximum Gasteiger partial charge on any atom is 0.322 e. The molecule has 1 saturated heterocycles. The molecule has 1 atom stereocenters. The van der Waals surface area contributed by atoms with Gasteiger partial charge in [-0.3, -0.25) is 4.79 Å². The predicted molar refractivity (Wildman–Crippen MR) is 113 cm³/mol. The van der Waals surface area contributed by atoms with Gasteiger partial charge in [0.1, 0.15) is 13.2 Å². The number of aryl methyl sites for hydroxylation is 1. The van der Waals surface area contributed by atoms with E-state index in [-0.39, 0.29) is 13.0 Å². The number of benzene rings is 2. The fraction of sp³-hybridized carbons (Fsp3) is 0.286. The number of rotatable bonds is 4. The smallest absolute Gasteiger partial charge is 0.322 e. The Kier molecular flexibility index (Phi) is 4.84. The lowest BCUT2D eigenvalue weighted by Gasteiger charge is -2.21. The average Bonchev–Trinajstić information content (AvgIpc) is 3.27. The van der Waals surface area contributed by atoms with Crippen LogP contribution in [0.4, 0.5) is 10.5 Å². The molecule has 8 nitrogen and oxygen atoms in total. The Morgan fingerprint density at radius 1 is 1.21 bits per heavy atom. The van der Waals surface area contributed by atoms with E-state index in [0.29, 0.717) is 11.4 Å². The quantitative estimate of drug-likeness (QED) is 0.666. The number of nitrogens with one attached hydrogen (secondary N) is 1. The van der Waals surface area contributed by atoms with Gasteiger partial charge >= 0.3 is 6.03 Å². The Balaban J connectivity index is 1.65. The van der Waals surface area contributed by atoms with Crippen LogP contribution in [0.2, 0.25) is 0 Å². The Hall–Kier alpha value is -3.55. The Labute approximate surface area is 167 Å². The zero-order chi connectivity index (χ0) is 20.5. The maximum absolute atomic E-state index is 12.8. The van der Waals surface area contributed by atoms with Crippen LogP contribution in [0.3, 0.4) is 0 Å². The second-order valence-corrected chi connectivity index (χ2v) is 7.01. The van der Waals surface area contributed by atoms with E-state index in [9.17, 15) is 9.59 Å². The molecule has 0 bridgehead atoms. The molecule has 8 heteroatoms. The van der Waals surface area contributed by atoms with Gasteiger partial charge in [0.15, 0.2) is 0 Å². The minimum Gasteiger partial charge on any atom is -0.399 e. The summed E-state index contributed by atoms with van der Waals surface area (Å²) < 4.78 is 2.24. The highest BCUT2D eigenvalue weighted by Gasteiger charge is 2.37. The van der Waals surface area contributed by atoms with Crippen molar-refractivity contribution in [1.82, 2.24) is 9.47 Å². The fourth-order valence-corrected chi connectivity index (χ4v) is 4.03. The van der Waals surface area contributed by atoms with Crippen molar-refractivity contribution in [2.45, 2.75) is 25.9 Å². The molecule has 3 N–H and O–H groups in total. The maximum atomic E-state index is 12.8. The lowest BCUT2D eigenvalue weighted by atomic mass is 10.1. The minimum atomic E-state index is -0.741. The van der Waals surface area contributed by atoms with Crippen LogP contribution in [0.1, 0.15) is 13.3 Å². The summed E-state index contributed by atoms with van der Waals surface area (Å²) in [5.41, 5.74) is 9.00. The van der Waals surface area contributed by atoms with Gasteiger partial charge in [-0.1, -0.05) is 23.4 Å². The Bertz CT molecular complexity index is 1130. The van der Waals surface area contributed by atoms with E-state index in [1.807, 2.05) is 30.3 Å². The third-order valence-electron chi connectivity index (χ3n) is 5.31. The summed E-state index contributed by atoms with van der Waals surface area (Å²) >= 11 is 0. The van der Waals surface area contributed by atoms with Gasteiger partial charge < -0.3 is 25.4 Å². The Morgan fingerprint density at radius 2 is 1.97 bits per heavy atom. The molecule has 1 aromatic heterocycles. The molecule has 0 radical (unpaired) electrons. The number of amides is 3. The SMILES string of the molecule is CCn1c2ccccc2c2cc(NC(=O)N3CC(=NOC)CC3C(N)=O)ccc21. The van der Waals surface area contributed by atoms with Gasteiger partial charge in [-0.25, -0.2) is 4.79 Å². The number of hydrogen-bond acceptors (Lipinski definition) is 4. The van der Waals surface area contributed by atoms with Crippen molar-refractivity contribution in [1.29, 1.82) is 0 Å². The lowest BCUT2D eigenvalue weighted by Crippen LogP contribution is -2.45. The van der Waals surface area contributed by atoms with Crippen LogP contribution >= 0.6 is 0 Å². The van der Waals surface area contributed by atoms with Gasteiger partial charge in [0.2, 0.25) is 5.91 Å². The largest absolute Gasteiger partial charge is 0.399 e. The summed E-state index contributed by atoms with van der Waals surface area (Å²) in [6.45, 7) is 3.16. The lowest BCUT2D eigenvalue weighted by molar-refractivity contribution is -0.121. The van der Waals surface area contributed by atoms with Crippen molar-refractivity contribution in [2.24, 2.45) is 10.9 Å². The van der Waals surface area contributed by atoms with Crippen LogP contribution < -0.4 is 11.1 Å². The van der Waals surface area contributed by atoms with E-state index >= 15 is 0 Å². The van der Waals surface area contributed by atoms with Gasteiger partial charge in [0.05, 0.1) is 12.3 Å². The van der Waals surface area contributed by atoms with Crippen molar-refractivity contribution < 1.29 is 14.4 Å². The van der Waals surface area contributed by atoms with Gasteiger partial charge in [-0.15, -0.1) is 0 Å². The predicted octanol–water partition coefficient (Wildman–Crippen LogP) is 2.91. The zero-order valence-electron chi connectivity index (χ0n) is 16.4. The van der Waals surface area contributed by atoms with Crippen molar-refractivity contribution in [3.63, 3.8) is 0 Å². The molecule has 29 heavy (non-hydrogen) atoms. The molecule has 0 aliphatic carbocycles. The first kappa shape index (κ1) is 18.8. The number of hydrogen-bond donors (Lipinski definition) is 2. The molecule has 0 spiro atoms. The Morgan fingerprint density at radius 3 is 2.69 bits per heavy atom. The second kappa shape index (κ2) is 7.46. The van der Waals surface area contributed by atoms with E-state index in [1.165, 1.54) is 12.0 Å². The van der Waals surface area contributed by atoms with Crippen molar-refractivity contribution in [3.8, 4) is 0 Å². The number of nitrogens with two attached hydrogens (primary N) is 1. The molecule has 1 unspecified atom stereocenters. The number of carbonyl (C=O) groups excluding carboxylic acids is 2. The summed E-state index contributed by atoms with van der Waals surface area (Å²) in [5, 5.41) is 8.95. The van der Waals surface area contributed by atoms with Crippen LogP contribution in [-0.4, -0.2) is 46.8 Å². The number of aromatic nitrogens is 1. The highest BCUT2D eigenvalue weighted by Crippen LogP contribution is 2.31. The summed E-state index contributed by atoms with van der Waals surface area (Å²) in [7, 11) is 1.43. The van der Waals surface area contributed by atoms with Crippen molar-refractivity contribution in [3.05, 3.63) is 42.5 Å². The highest BCUT2D eigenvalue weighted by atomic mass is 16.6. The van der Waals surface area contributed by atoms with Crippen LogP contribution in [0, 0.1) is 0 Å². The summed E-state index contributed by atoms with van der Waals surface area (Å²) in [6.07, 6.45) is 0.277. The number of primary amides is 1. The van der Waals surface area contributed by atoms with E-state index < -0.39 is 18.0 Å². The molecule has 1 aliphatic heterocycles. The summed E-state index contributed by atoms with van der Waals surface area (Å²) in [5.74, 6) is -0.567. The van der Waals surface area contributed by atoms with Gasteiger partial charge in [0, 0.05) is 40.5 Å². The number of carbonyl (C=O) groups is 2. The number of nitrogens with zero attached hydrogens (tertiary/aromatic N) is 3. The third-order valence-corrected chi connectivity index (χ3v) is 5.31. The monoisotopic (exact) mass is 393 g/mol. The van der Waals surface area contributed by atoms with E-state index in [4.69, 9.17) is 10.6 Å². The molecule has 150 valence electrons.